The van der Waals surface area contributed by atoms with Crippen LogP contribution < -0.4 is 11.1 Å². The SMILES string of the molecule is CN(C)CCNC1(CN)CCSC1. The van der Waals surface area contributed by atoms with E-state index in [1.54, 1.807) is 0 Å². The summed E-state index contributed by atoms with van der Waals surface area (Å²) in [6.45, 7) is 2.91. The second kappa shape index (κ2) is 5.20. The second-order valence-corrected chi connectivity index (χ2v) is 5.12. The molecule has 0 aromatic rings. The number of thioether (sulfide) groups is 1. The maximum atomic E-state index is 5.80. The summed E-state index contributed by atoms with van der Waals surface area (Å²) in [4.78, 5) is 2.19. The molecule has 13 heavy (non-hydrogen) atoms. The Kier molecular flexibility index (Phi) is 4.52. The Morgan fingerprint density at radius 1 is 1.54 bits per heavy atom. The van der Waals surface area contributed by atoms with Crippen molar-refractivity contribution in [2.75, 3.05) is 45.2 Å². The maximum Gasteiger partial charge on any atom is 0.0403 e. The molecular weight excluding hydrogens is 182 g/mol. The molecule has 1 aliphatic heterocycles. The molecule has 1 rings (SSSR count). The molecule has 0 aromatic carbocycles. The fraction of sp³-hybridized carbons (Fsp3) is 1.00. The fourth-order valence-corrected chi connectivity index (χ4v) is 2.96. The molecule has 0 saturated carbocycles. The van der Waals surface area contributed by atoms with Crippen LogP contribution in [0.1, 0.15) is 6.42 Å². The third-order valence-corrected chi connectivity index (χ3v) is 3.80. The molecule has 3 nitrogen and oxygen atoms in total. The summed E-state index contributed by atoms with van der Waals surface area (Å²) in [5, 5.41) is 3.59. The van der Waals surface area contributed by atoms with Gasteiger partial charge in [-0.05, 0) is 26.3 Å². The first-order chi connectivity index (χ1) is 6.18. The van der Waals surface area contributed by atoms with Gasteiger partial charge < -0.3 is 16.0 Å². The van der Waals surface area contributed by atoms with E-state index in [1.165, 1.54) is 17.9 Å². The average Bonchev–Trinajstić information content (AvgIpc) is 2.53. The zero-order valence-corrected chi connectivity index (χ0v) is 9.49. The van der Waals surface area contributed by atoms with Gasteiger partial charge in [-0.3, -0.25) is 0 Å². The zero-order chi connectivity index (χ0) is 9.73. The van der Waals surface area contributed by atoms with Crippen molar-refractivity contribution >= 4 is 11.8 Å². The molecular formula is C9H21N3S. The summed E-state index contributed by atoms with van der Waals surface area (Å²) < 4.78 is 0. The van der Waals surface area contributed by atoms with Crippen molar-refractivity contribution in [3.8, 4) is 0 Å². The van der Waals surface area contributed by atoms with Gasteiger partial charge in [0.1, 0.15) is 0 Å². The van der Waals surface area contributed by atoms with E-state index in [4.69, 9.17) is 5.73 Å². The van der Waals surface area contributed by atoms with Crippen LogP contribution in [-0.2, 0) is 0 Å². The van der Waals surface area contributed by atoms with Crippen LogP contribution in [0.15, 0.2) is 0 Å². The van der Waals surface area contributed by atoms with Crippen LogP contribution in [0.25, 0.3) is 0 Å². The summed E-state index contributed by atoms with van der Waals surface area (Å²) in [7, 11) is 4.19. The van der Waals surface area contributed by atoms with Crippen molar-refractivity contribution in [2.45, 2.75) is 12.0 Å². The molecule has 1 unspecified atom stereocenters. The summed E-state index contributed by atoms with van der Waals surface area (Å²) in [6, 6.07) is 0. The van der Waals surface area contributed by atoms with Gasteiger partial charge in [-0.25, -0.2) is 0 Å². The molecule has 0 aliphatic carbocycles. The fourth-order valence-electron chi connectivity index (χ4n) is 1.52. The first-order valence-corrected chi connectivity index (χ1v) is 6.02. The Bertz CT molecular complexity index is 144. The van der Waals surface area contributed by atoms with Crippen LogP contribution >= 0.6 is 11.8 Å². The molecule has 0 radical (unpaired) electrons. The van der Waals surface area contributed by atoms with Crippen molar-refractivity contribution in [3.63, 3.8) is 0 Å². The molecule has 1 aliphatic rings. The quantitative estimate of drug-likeness (QED) is 0.658. The highest BCUT2D eigenvalue weighted by Gasteiger charge is 2.31. The third-order valence-electron chi connectivity index (χ3n) is 2.55. The van der Waals surface area contributed by atoms with Gasteiger partial charge >= 0.3 is 0 Å². The van der Waals surface area contributed by atoms with Crippen LogP contribution in [0, 0.1) is 0 Å². The minimum absolute atomic E-state index is 0.237. The number of rotatable bonds is 5. The van der Waals surface area contributed by atoms with Gasteiger partial charge in [0.15, 0.2) is 0 Å². The normalized spacial score (nSPS) is 28.6. The Morgan fingerprint density at radius 2 is 2.31 bits per heavy atom. The Balaban J connectivity index is 2.23. The van der Waals surface area contributed by atoms with E-state index in [9.17, 15) is 0 Å². The number of nitrogens with zero attached hydrogens (tertiary/aromatic N) is 1. The molecule has 0 bridgehead atoms. The summed E-state index contributed by atoms with van der Waals surface area (Å²) in [6.07, 6.45) is 1.22. The van der Waals surface area contributed by atoms with Crippen molar-refractivity contribution in [1.29, 1.82) is 0 Å². The predicted molar refractivity (Wildman–Crippen MR) is 60.3 cm³/mol. The van der Waals surface area contributed by atoms with E-state index in [1.807, 2.05) is 11.8 Å². The minimum Gasteiger partial charge on any atom is -0.329 e. The van der Waals surface area contributed by atoms with Gasteiger partial charge in [-0.2, -0.15) is 11.8 Å². The molecule has 0 amide bonds. The van der Waals surface area contributed by atoms with Crippen molar-refractivity contribution in [2.24, 2.45) is 5.73 Å². The van der Waals surface area contributed by atoms with Crippen LogP contribution in [0.5, 0.6) is 0 Å². The molecule has 3 N–H and O–H groups in total. The Labute approximate surface area is 85.4 Å². The van der Waals surface area contributed by atoms with Crippen LogP contribution in [0.3, 0.4) is 0 Å². The lowest BCUT2D eigenvalue weighted by Gasteiger charge is -2.28. The molecule has 1 atom stereocenters. The van der Waals surface area contributed by atoms with Gasteiger partial charge in [0.25, 0.3) is 0 Å². The van der Waals surface area contributed by atoms with E-state index >= 15 is 0 Å². The van der Waals surface area contributed by atoms with Crippen molar-refractivity contribution in [1.82, 2.24) is 10.2 Å². The highest BCUT2D eigenvalue weighted by molar-refractivity contribution is 7.99. The standard InChI is InChI=1S/C9H21N3S/c1-12(2)5-4-11-9(7-10)3-6-13-8-9/h11H,3-8,10H2,1-2H3. The van der Waals surface area contributed by atoms with E-state index in [0.29, 0.717) is 0 Å². The lowest BCUT2D eigenvalue weighted by molar-refractivity contribution is 0.331. The average molecular weight is 203 g/mol. The van der Waals surface area contributed by atoms with Gasteiger partial charge in [0, 0.05) is 30.9 Å². The zero-order valence-electron chi connectivity index (χ0n) is 8.68. The van der Waals surface area contributed by atoms with Gasteiger partial charge in [0.2, 0.25) is 0 Å². The van der Waals surface area contributed by atoms with Gasteiger partial charge in [-0.15, -0.1) is 0 Å². The van der Waals surface area contributed by atoms with E-state index in [-0.39, 0.29) is 5.54 Å². The first kappa shape index (κ1) is 11.3. The molecule has 1 fully saturated rings. The monoisotopic (exact) mass is 203 g/mol. The minimum atomic E-state index is 0.237. The number of hydrogen-bond acceptors (Lipinski definition) is 4. The van der Waals surface area contributed by atoms with Crippen LogP contribution in [0.4, 0.5) is 0 Å². The highest BCUT2D eigenvalue weighted by atomic mass is 32.2. The third kappa shape index (κ3) is 3.46. The Hall–Kier alpha value is 0.230. The molecule has 1 saturated heterocycles. The van der Waals surface area contributed by atoms with Crippen molar-refractivity contribution < 1.29 is 0 Å². The van der Waals surface area contributed by atoms with E-state index < -0.39 is 0 Å². The topological polar surface area (TPSA) is 41.3 Å². The molecule has 78 valence electrons. The van der Waals surface area contributed by atoms with E-state index in [0.717, 1.165) is 19.6 Å². The summed E-state index contributed by atoms with van der Waals surface area (Å²) >= 11 is 2.01. The largest absolute Gasteiger partial charge is 0.329 e. The summed E-state index contributed by atoms with van der Waals surface area (Å²) in [5.74, 6) is 2.43. The number of hydrogen-bond donors (Lipinski definition) is 2. The number of likely N-dealkylation sites (N-methyl/N-ethyl adjacent to an activating group) is 1. The van der Waals surface area contributed by atoms with Gasteiger partial charge in [-0.1, -0.05) is 0 Å². The van der Waals surface area contributed by atoms with Crippen LogP contribution in [0.2, 0.25) is 0 Å². The lowest BCUT2D eigenvalue weighted by Crippen LogP contribution is -2.53. The van der Waals surface area contributed by atoms with Gasteiger partial charge in [0.05, 0.1) is 0 Å². The lowest BCUT2D eigenvalue weighted by atomic mass is 9.99. The predicted octanol–water partition coefficient (Wildman–Crippen LogP) is -0.0280. The Morgan fingerprint density at radius 3 is 2.77 bits per heavy atom. The molecule has 0 aromatic heterocycles. The number of nitrogens with one attached hydrogen (secondary N) is 1. The molecule has 4 heteroatoms. The smallest absolute Gasteiger partial charge is 0.0403 e. The van der Waals surface area contributed by atoms with Crippen LogP contribution in [-0.4, -0.2) is 55.7 Å². The van der Waals surface area contributed by atoms with Crippen molar-refractivity contribution in [3.05, 3.63) is 0 Å². The molecule has 0 spiro atoms. The first-order valence-electron chi connectivity index (χ1n) is 4.86. The highest BCUT2D eigenvalue weighted by Crippen LogP contribution is 2.26. The second-order valence-electron chi connectivity index (χ2n) is 4.02. The molecule has 1 heterocycles. The summed E-state index contributed by atoms with van der Waals surface area (Å²) in [5.41, 5.74) is 6.03. The number of nitrogens with two attached hydrogens (primary N) is 1. The maximum absolute atomic E-state index is 5.80. The van der Waals surface area contributed by atoms with E-state index in [2.05, 4.69) is 24.3 Å².